The third-order valence-corrected chi connectivity index (χ3v) is 5.33. The Morgan fingerprint density at radius 1 is 1.17 bits per heavy atom. The van der Waals surface area contributed by atoms with Crippen LogP contribution in [0.15, 0.2) is 9.64 Å². The molecule has 1 aliphatic heterocycles. The fourth-order valence-corrected chi connectivity index (χ4v) is 4.04. The lowest BCUT2D eigenvalue weighted by Crippen LogP contribution is -2.36. The Balaban J connectivity index is 1.57. The molecule has 9 heteroatoms. The highest BCUT2D eigenvalue weighted by molar-refractivity contribution is 8.00. The number of rotatable bonds is 4. The number of alkyl halides is 3. The molecular weight excluding hydrogens is 331 g/mol. The van der Waals surface area contributed by atoms with E-state index in [-0.39, 0.29) is 17.7 Å². The maximum absolute atomic E-state index is 12.4. The predicted octanol–water partition coefficient (Wildman–Crippen LogP) is 3.37. The number of hydrogen-bond donors (Lipinski definition) is 0. The van der Waals surface area contributed by atoms with E-state index in [2.05, 4.69) is 10.2 Å². The number of halogens is 3. The quantitative estimate of drug-likeness (QED) is 0.834. The average Bonchev–Trinajstić information content (AvgIpc) is 3.09. The number of likely N-dealkylation sites (tertiary alicyclic amines) is 1. The normalized spacial score (nSPS) is 23.7. The highest BCUT2D eigenvalue weighted by Crippen LogP contribution is 2.35. The molecule has 3 rings (SSSR count). The lowest BCUT2D eigenvalue weighted by molar-refractivity contribution is -0.157. The predicted molar refractivity (Wildman–Crippen MR) is 77.0 cm³/mol. The third kappa shape index (κ3) is 4.19. The van der Waals surface area contributed by atoms with Gasteiger partial charge in [0.1, 0.15) is 6.54 Å². The fourth-order valence-electron chi connectivity index (χ4n) is 3.10. The zero-order valence-electron chi connectivity index (χ0n) is 12.5. The first-order chi connectivity index (χ1) is 10.9. The molecule has 1 amide bonds. The van der Waals surface area contributed by atoms with Crippen molar-refractivity contribution in [2.24, 2.45) is 0 Å². The molecule has 1 aliphatic carbocycles. The maximum Gasteiger partial charge on any atom is 0.406 e. The van der Waals surface area contributed by atoms with E-state index in [0.717, 1.165) is 42.3 Å². The second-order valence-electron chi connectivity index (χ2n) is 6.01. The zero-order chi connectivity index (χ0) is 16.4. The molecule has 1 atom stereocenters. The molecule has 1 saturated heterocycles. The van der Waals surface area contributed by atoms with Crippen molar-refractivity contribution in [2.45, 2.75) is 61.1 Å². The second-order valence-corrected chi connectivity index (χ2v) is 7.17. The van der Waals surface area contributed by atoms with Gasteiger partial charge in [0, 0.05) is 12.5 Å². The Hall–Kier alpha value is -1.25. The summed E-state index contributed by atoms with van der Waals surface area (Å²) in [4.78, 5) is 12.9. The smallest absolute Gasteiger partial charge is 0.406 e. The number of carbonyl (C=O) groups is 1. The summed E-state index contributed by atoms with van der Waals surface area (Å²) in [7, 11) is 0. The van der Waals surface area contributed by atoms with Crippen LogP contribution in [-0.4, -0.2) is 45.5 Å². The Labute approximate surface area is 136 Å². The van der Waals surface area contributed by atoms with E-state index in [1.54, 1.807) is 0 Å². The highest BCUT2D eigenvalue weighted by atomic mass is 32.2. The monoisotopic (exact) mass is 349 g/mol. The van der Waals surface area contributed by atoms with Gasteiger partial charge in [-0.2, -0.15) is 13.2 Å². The molecule has 2 heterocycles. The van der Waals surface area contributed by atoms with Gasteiger partial charge in [-0.25, -0.2) is 0 Å². The van der Waals surface area contributed by atoms with E-state index >= 15 is 0 Å². The second kappa shape index (κ2) is 6.70. The minimum absolute atomic E-state index is 0.111. The van der Waals surface area contributed by atoms with Gasteiger partial charge in [0.25, 0.3) is 5.22 Å². The van der Waals surface area contributed by atoms with Crippen molar-refractivity contribution < 1.29 is 22.4 Å². The van der Waals surface area contributed by atoms with Gasteiger partial charge in [-0.05, 0) is 19.3 Å². The molecule has 128 valence electrons. The largest absolute Gasteiger partial charge is 0.416 e. The van der Waals surface area contributed by atoms with Crippen molar-refractivity contribution in [1.82, 2.24) is 15.1 Å². The maximum atomic E-state index is 12.4. The van der Waals surface area contributed by atoms with Crippen LogP contribution in [0, 0.1) is 0 Å². The summed E-state index contributed by atoms with van der Waals surface area (Å²) in [6.07, 6.45) is 1.54. The molecule has 0 radical (unpaired) electrons. The first kappa shape index (κ1) is 16.6. The van der Waals surface area contributed by atoms with Crippen molar-refractivity contribution >= 4 is 17.7 Å². The number of amides is 1. The summed E-state index contributed by atoms with van der Waals surface area (Å²) in [5, 5.41) is 7.69. The molecule has 0 aromatic carbocycles. The van der Waals surface area contributed by atoms with Gasteiger partial charge in [0.15, 0.2) is 0 Å². The van der Waals surface area contributed by atoms with Gasteiger partial charge >= 0.3 is 6.18 Å². The topological polar surface area (TPSA) is 59.2 Å². The molecule has 0 spiro atoms. The minimum atomic E-state index is -4.37. The Morgan fingerprint density at radius 2 is 1.91 bits per heavy atom. The Bertz CT molecular complexity index is 558. The molecule has 0 bridgehead atoms. The van der Waals surface area contributed by atoms with E-state index < -0.39 is 23.9 Å². The summed E-state index contributed by atoms with van der Waals surface area (Å²) in [6, 6.07) is 0. The van der Waals surface area contributed by atoms with Crippen molar-refractivity contribution in [3.8, 4) is 0 Å². The summed E-state index contributed by atoms with van der Waals surface area (Å²) in [5.41, 5.74) is 0. The van der Waals surface area contributed by atoms with Crippen LogP contribution in [0.2, 0.25) is 0 Å². The summed E-state index contributed by atoms with van der Waals surface area (Å²) in [6.45, 7) is -1.08. The van der Waals surface area contributed by atoms with E-state index in [1.807, 2.05) is 0 Å². The van der Waals surface area contributed by atoms with Gasteiger partial charge in [0.2, 0.25) is 11.8 Å². The van der Waals surface area contributed by atoms with E-state index in [1.165, 1.54) is 6.42 Å². The van der Waals surface area contributed by atoms with Crippen LogP contribution in [0.3, 0.4) is 0 Å². The van der Waals surface area contributed by atoms with Crippen LogP contribution in [0.5, 0.6) is 0 Å². The van der Waals surface area contributed by atoms with Crippen molar-refractivity contribution in [1.29, 1.82) is 0 Å². The van der Waals surface area contributed by atoms with Crippen molar-refractivity contribution in [3.63, 3.8) is 0 Å². The SMILES string of the molecule is O=C1[C@H](Sc2nnc(C3CCCCC3)o2)CCN1CC(F)(F)F. The van der Waals surface area contributed by atoms with E-state index in [9.17, 15) is 18.0 Å². The molecule has 0 unspecified atom stereocenters. The lowest BCUT2D eigenvalue weighted by Gasteiger charge is -2.18. The van der Waals surface area contributed by atoms with Crippen LogP contribution in [0.4, 0.5) is 13.2 Å². The van der Waals surface area contributed by atoms with E-state index in [4.69, 9.17) is 4.42 Å². The van der Waals surface area contributed by atoms with Crippen molar-refractivity contribution in [3.05, 3.63) is 5.89 Å². The lowest BCUT2D eigenvalue weighted by atomic mass is 9.89. The summed E-state index contributed by atoms with van der Waals surface area (Å²) in [5.74, 6) is 0.348. The zero-order valence-corrected chi connectivity index (χ0v) is 13.3. The number of thioether (sulfide) groups is 1. The van der Waals surface area contributed by atoms with E-state index in [0.29, 0.717) is 12.3 Å². The van der Waals surface area contributed by atoms with Crippen LogP contribution in [0.1, 0.15) is 50.3 Å². The van der Waals surface area contributed by atoms with Gasteiger partial charge in [0.05, 0.1) is 5.25 Å². The van der Waals surface area contributed by atoms with Crippen LogP contribution in [0.25, 0.3) is 0 Å². The first-order valence-electron chi connectivity index (χ1n) is 7.78. The van der Waals surface area contributed by atoms with Crippen molar-refractivity contribution in [2.75, 3.05) is 13.1 Å². The average molecular weight is 349 g/mol. The summed E-state index contributed by atoms with van der Waals surface area (Å²) >= 11 is 1.08. The molecule has 1 saturated carbocycles. The van der Waals surface area contributed by atoms with Gasteiger partial charge < -0.3 is 9.32 Å². The highest BCUT2D eigenvalue weighted by Gasteiger charge is 2.40. The third-order valence-electron chi connectivity index (χ3n) is 4.24. The molecule has 23 heavy (non-hydrogen) atoms. The van der Waals surface area contributed by atoms with Gasteiger partial charge in [-0.3, -0.25) is 4.79 Å². The van der Waals surface area contributed by atoms with Crippen LogP contribution < -0.4 is 0 Å². The molecular formula is C14H18F3N3O2S. The first-order valence-corrected chi connectivity index (χ1v) is 8.66. The Morgan fingerprint density at radius 3 is 2.61 bits per heavy atom. The standard InChI is InChI=1S/C14H18F3N3O2S/c15-14(16,17)8-20-7-6-10(12(20)21)23-13-19-18-11(22-13)9-4-2-1-3-5-9/h9-10H,1-8H2/t10-/m1/s1. The molecule has 1 aromatic heterocycles. The molecule has 2 fully saturated rings. The number of hydrogen-bond acceptors (Lipinski definition) is 5. The minimum Gasteiger partial charge on any atom is -0.416 e. The number of aromatic nitrogens is 2. The van der Waals surface area contributed by atoms with Gasteiger partial charge in [-0.15, -0.1) is 10.2 Å². The van der Waals surface area contributed by atoms with Crippen LogP contribution in [-0.2, 0) is 4.79 Å². The number of nitrogens with zero attached hydrogens (tertiary/aromatic N) is 3. The van der Waals surface area contributed by atoms with Crippen LogP contribution >= 0.6 is 11.8 Å². The Kier molecular flexibility index (Phi) is 4.84. The molecule has 1 aromatic rings. The molecule has 0 N–H and O–H groups in total. The summed E-state index contributed by atoms with van der Waals surface area (Å²) < 4.78 is 42.8. The van der Waals surface area contributed by atoms with Gasteiger partial charge in [-0.1, -0.05) is 31.0 Å². The number of carbonyl (C=O) groups excluding carboxylic acids is 1. The molecule has 2 aliphatic rings. The molecule has 5 nitrogen and oxygen atoms in total. The fraction of sp³-hybridized carbons (Fsp3) is 0.786.